The van der Waals surface area contributed by atoms with Gasteiger partial charge in [-0.05, 0) is 22.4 Å². The van der Waals surface area contributed by atoms with Gasteiger partial charge in [0.25, 0.3) is 0 Å². The fourth-order valence-electron chi connectivity index (χ4n) is 2.33. The number of aromatic nitrogens is 3. The second-order valence-corrected chi connectivity index (χ2v) is 8.01. The first-order chi connectivity index (χ1) is 9.05. The molecule has 3 rings (SSSR count). The molecule has 4 nitrogen and oxygen atoms in total. The van der Waals surface area contributed by atoms with E-state index in [-0.39, 0.29) is 0 Å². The molecular weight excluding hydrogens is 324 g/mol. The largest absolute Gasteiger partial charge is 0.353 e. The van der Waals surface area contributed by atoms with Crippen LogP contribution < -0.4 is 4.90 Å². The third-order valence-corrected chi connectivity index (χ3v) is 5.22. The van der Waals surface area contributed by atoms with Gasteiger partial charge in [-0.1, -0.05) is 13.8 Å². The summed E-state index contributed by atoms with van der Waals surface area (Å²) in [6.45, 7) is 6.70. The highest BCUT2D eigenvalue weighted by Crippen LogP contribution is 2.32. The smallest absolute Gasteiger partial charge is 0.180 e. The second kappa shape index (κ2) is 4.98. The molecule has 0 amide bonds. The van der Waals surface area contributed by atoms with Crippen LogP contribution in [0, 0.1) is 0 Å². The lowest BCUT2D eigenvalue weighted by atomic mass is 10.1. The molecule has 0 bridgehead atoms. The van der Waals surface area contributed by atoms with Gasteiger partial charge in [0, 0.05) is 42.2 Å². The molecule has 0 unspecified atom stereocenters. The molecule has 0 saturated carbocycles. The van der Waals surface area contributed by atoms with Gasteiger partial charge in [-0.3, -0.25) is 0 Å². The number of anilines is 1. The Bertz CT molecular complexity index is 595. The fourth-order valence-corrected chi connectivity index (χ4v) is 3.82. The molecule has 6 heteroatoms. The summed E-state index contributed by atoms with van der Waals surface area (Å²) < 4.78 is 3.23. The van der Waals surface area contributed by atoms with Crippen molar-refractivity contribution in [1.82, 2.24) is 14.4 Å². The normalized spacial score (nSPS) is 19.6. The van der Waals surface area contributed by atoms with Crippen LogP contribution in [-0.4, -0.2) is 38.0 Å². The summed E-state index contributed by atoms with van der Waals surface area (Å²) in [5.74, 6) is 2.12. The van der Waals surface area contributed by atoms with Gasteiger partial charge in [0.15, 0.2) is 11.5 Å². The van der Waals surface area contributed by atoms with E-state index in [1.54, 1.807) is 0 Å². The number of nitrogens with zero attached hydrogens (tertiary/aromatic N) is 4. The second-order valence-electron chi connectivity index (χ2n) is 5.39. The summed E-state index contributed by atoms with van der Waals surface area (Å²) in [6.07, 6.45) is 6.90. The van der Waals surface area contributed by atoms with E-state index in [9.17, 15) is 0 Å². The van der Waals surface area contributed by atoms with Crippen molar-refractivity contribution in [2.45, 2.75) is 25.0 Å². The minimum Gasteiger partial charge on any atom is -0.353 e. The van der Waals surface area contributed by atoms with Crippen molar-refractivity contribution in [3.63, 3.8) is 0 Å². The van der Waals surface area contributed by atoms with Gasteiger partial charge in [-0.25, -0.2) is 9.97 Å². The van der Waals surface area contributed by atoms with Crippen molar-refractivity contribution < 1.29 is 0 Å². The quantitative estimate of drug-likeness (QED) is 0.798. The van der Waals surface area contributed by atoms with Crippen LogP contribution in [0.25, 0.3) is 5.65 Å². The zero-order valence-electron chi connectivity index (χ0n) is 11.1. The number of hydrogen-bond donors (Lipinski definition) is 0. The van der Waals surface area contributed by atoms with Gasteiger partial charge in [0.05, 0.1) is 0 Å². The Morgan fingerprint density at radius 1 is 1.37 bits per heavy atom. The van der Waals surface area contributed by atoms with Crippen LogP contribution in [-0.2, 0) is 0 Å². The molecule has 1 aliphatic heterocycles. The van der Waals surface area contributed by atoms with Crippen LogP contribution in [0.2, 0.25) is 0 Å². The topological polar surface area (TPSA) is 33.4 Å². The monoisotopic (exact) mass is 340 g/mol. The number of imidazole rings is 1. The Hall–Kier alpha value is -0.750. The summed E-state index contributed by atoms with van der Waals surface area (Å²) in [6, 6.07) is 0. The third kappa shape index (κ3) is 2.74. The van der Waals surface area contributed by atoms with Gasteiger partial charge < -0.3 is 9.30 Å². The van der Waals surface area contributed by atoms with Gasteiger partial charge in [-0.2, -0.15) is 11.8 Å². The van der Waals surface area contributed by atoms with E-state index in [1.165, 1.54) is 6.42 Å². The van der Waals surface area contributed by atoms with Crippen LogP contribution >= 0.6 is 27.7 Å². The Kier molecular flexibility index (Phi) is 3.47. The highest BCUT2D eigenvalue weighted by Gasteiger charge is 2.25. The summed E-state index contributed by atoms with van der Waals surface area (Å²) >= 11 is 5.53. The van der Waals surface area contributed by atoms with Gasteiger partial charge in [0.2, 0.25) is 0 Å². The third-order valence-electron chi connectivity index (χ3n) is 3.46. The summed E-state index contributed by atoms with van der Waals surface area (Å²) in [4.78, 5) is 11.4. The summed E-state index contributed by atoms with van der Waals surface area (Å²) in [5, 5.41) is 0. The molecule has 3 heterocycles. The number of fused-ring (bicyclic) bond motifs is 1. The van der Waals surface area contributed by atoms with Crippen molar-refractivity contribution in [2.75, 3.05) is 23.7 Å². The zero-order valence-corrected chi connectivity index (χ0v) is 13.5. The van der Waals surface area contributed by atoms with E-state index >= 15 is 0 Å². The van der Waals surface area contributed by atoms with E-state index in [0.29, 0.717) is 4.75 Å². The number of thioether (sulfide) groups is 1. The maximum atomic E-state index is 4.64. The predicted molar refractivity (Wildman–Crippen MR) is 84.1 cm³/mol. The van der Waals surface area contributed by atoms with Crippen LogP contribution in [0.15, 0.2) is 23.2 Å². The average molecular weight is 341 g/mol. The highest BCUT2D eigenvalue weighted by molar-refractivity contribution is 9.10. The summed E-state index contributed by atoms with van der Waals surface area (Å²) in [7, 11) is 0. The number of rotatable bonds is 1. The van der Waals surface area contributed by atoms with Gasteiger partial charge in [-0.15, -0.1) is 0 Å². The highest BCUT2D eigenvalue weighted by atomic mass is 79.9. The molecule has 0 atom stereocenters. The van der Waals surface area contributed by atoms with E-state index in [4.69, 9.17) is 0 Å². The van der Waals surface area contributed by atoms with Crippen molar-refractivity contribution in [3.8, 4) is 0 Å². The predicted octanol–water partition coefficient (Wildman–Crippen LogP) is 3.21. The molecular formula is C13H17BrN4S. The maximum Gasteiger partial charge on any atom is 0.180 e. The molecule has 2 aromatic rings. The molecule has 19 heavy (non-hydrogen) atoms. The van der Waals surface area contributed by atoms with E-state index in [0.717, 1.165) is 34.9 Å². The molecule has 0 aromatic carbocycles. The first kappa shape index (κ1) is 13.2. The van der Waals surface area contributed by atoms with Crippen LogP contribution in [0.1, 0.15) is 20.3 Å². The van der Waals surface area contributed by atoms with E-state index < -0.39 is 0 Å². The molecule has 1 aliphatic rings. The molecule has 1 saturated heterocycles. The Morgan fingerprint density at radius 2 is 2.21 bits per heavy atom. The maximum absolute atomic E-state index is 4.64. The molecule has 0 aliphatic carbocycles. The molecule has 0 spiro atoms. The molecule has 0 N–H and O–H groups in total. The Balaban J connectivity index is 1.97. The van der Waals surface area contributed by atoms with Gasteiger partial charge >= 0.3 is 0 Å². The number of hydrogen-bond acceptors (Lipinski definition) is 4. The fraction of sp³-hybridized carbons (Fsp3) is 0.538. The molecule has 102 valence electrons. The van der Waals surface area contributed by atoms with Crippen molar-refractivity contribution >= 4 is 39.2 Å². The molecule has 1 fully saturated rings. The minimum absolute atomic E-state index is 0.354. The SMILES string of the molecule is CC1(C)CCN(c2nc(Br)cn3ccnc23)CCS1. The Labute approximate surface area is 125 Å². The van der Waals surface area contributed by atoms with Gasteiger partial charge in [0.1, 0.15) is 4.60 Å². The molecule has 2 aromatic heterocycles. The van der Waals surface area contributed by atoms with Crippen molar-refractivity contribution in [3.05, 3.63) is 23.2 Å². The first-order valence-corrected chi connectivity index (χ1v) is 8.21. The lowest BCUT2D eigenvalue weighted by molar-refractivity contribution is 0.635. The molecule has 0 radical (unpaired) electrons. The minimum atomic E-state index is 0.354. The van der Waals surface area contributed by atoms with Crippen LogP contribution in [0.3, 0.4) is 0 Å². The van der Waals surface area contributed by atoms with E-state index in [1.807, 2.05) is 34.8 Å². The summed E-state index contributed by atoms with van der Waals surface area (Å²) in [5.41, 5.74) is 0.938. The van der Waals surface area contributed by atoms with Crippen LogP contribution in [0.5, 0.6) is 0 Å². The lowest BCUT2D eigenvalue weighted by Gasteiger charge is -2.23. The van der Waals surface area contributed by atoms with Crippen LogP contribution in [0.4, 0.5) is 5.82 Å². The average Bonchev–Trinajstić information content (AvgIpc) is 2.72. The lowest BCUT2D eigenvalue weighted by Crippen LogP contribution is -2.28. The zero-order chi connectivity index (χ0) is 13.5. The standard InChI is InChI=1S/C13H17BrN4S/c1-13(2)3-5-17(7-8-19-13)12-11-15-4-6-18(11)9-10(14)16-12/h4,6,9H,3,5,7-8H2,1-2H3. The first-order valence-electron chi connectivity index (χ1n) is 6.43. The Morgan fingerprint density at radius 3 is 3.05 bits per heavy atom. The van der Waals surface area contributed by atoms with E-state index in [2.05, 4.69) is 44.6 Å². The number of halogens is 1. The van der Waals surface area contributed by atoms with Crippen molar-refractivity contribution in [1.29, 1.82) is 0 Å². The van der Waals surface area contributed by atoms with Crippen molar-refractivity contribution in [2.24, 2.45) is 0 Å².